The van der Waals surface area contributed by atoms with Gasteiger partial charge in [0.25, 0.3) is 0 Å². The summed E-state index contributed by atoms with van der Waals surface area (Å²) in [4.78, 5) is 0.159. The van der Waals surface area contributed by atoms with Crippen molar-refractivity contribution in [1.82, 2.24) is 4.72 Å². The number of nitrogens with two attached hydrogens (primary N) is 1. The molecule has 0 radical (unpaired) electrons. The van der Waals surface area contributed by atoms with Gasteiger partial charge in [-0.1, -0.05) is 17.7 Å². The molecular weight excluding hydrogens is 300 g/mol. The summed E-state index contributed by atoms with van der Waals surface area (Å²) in [6, 6.07) is 4.59. The van der Waals surface area contributed by atoms with Gasteiger partial charge in [0.2, 0.25) is 10.0 Å². The molecule has 0 aliphatic carbocycles. The first-order valence-electron chi connectivity index (χ1n) is 6.54. The normalized spacial score (nSPS) is 23.1. The quantitative estimate of drug-likeness (QED) is 0.862. The number of benzene rings is 1. The Morgan fingerprint density at radius 3 is 2.80 bits per heavy atom. The maximum atomic E-state index is 12.2. The number of nitrogens with one attached hydrogen (secondary N) is 1. The highest BCUT2D eigenvalue weighted by molar-refractivity contribution is 7.89. The molecule has 5 nitrogen and oxygen atoms in total. The van der Waals surface area contributed by atoms with Crippen LogP contribution in [-0.4, -0.2) is 27.7 Å². The van der Waals surface area contributed by atoms with E-state index >= 15 is 0 Å². The number of ether oxygens (including phenoxy) is 1. The van der Waals surface area contributed by atoms with Gasteiger partial charge in [0.05, 0.1) is 11.0 Å². The average molecular weight is 319 g/mol. The summed E-state index contributed by atoms with van der Waals surface area (Å²) in [6.07, 6.45) is 0.956. The molecule has 7 heteroatoms. The molecule has 0 bridgehead atoms. The van der Waals surface area contributed by atoms with E-state index in [-0.39, 0.29) is 23.5 Å². The standard InChI is InChI=1S/C13H19ClN2O3S/c1-9-11(4-5-19-9)8-16-20(17,18)12-3-2-10(7-15)13(14)6-12/h2-3,6,9,11,16H,4-5,7-8,15H2,1H3. The fraction of sp³-hybridized carbons (Fsp3) is 0.538. The lowest BCUT2D eigenvalue weighted by atomic mass is 10.0. The van der Waals surface area contributed by atoms with Crippen LogP contribution in [0.2, 0.25) is 5.02 Å². The van der Waals surface area contributed by atoms with Crippen LogP contribution in [0.15, 0.2) is 23.1 Å². The van der Waals surface area contributed by atoms with E-state index in [1.54, 1.807) is 6.07 Å². The van der Waals surface area contributed by atoms with Gasteiger partial charge >= 0.3 is 0 Å². The molecular formula is C13H19ClN2O3S. The van der Waals surface area contributed by atoms with E-state index in [0.717, 1.165) is 12.0 Å². The average Bonchev–Trinajstić information content (AvgIpc) is 2.82. The van der Waals surface area contributed by atoms with Crippen molar-refractivity contribution in [1.29, 1.82) is 0 Å². The van der Waals surface area contributed by atoms with Gasteiger partial charge in [-0.05, 0) is 31.0 Å². The Hall–Kier alpha value is -0.660. The first-order chi connectivity index (χ1) is 9.44. The lowest BCUT2D eigenvalue weighted by Crippen LogP contribution is -2.32. The van der Waals surface area contributed by atoms with Gasteiger partial charge in [-0.2, -0.15) is 0 Å². The largest absolute Gasteiger partial charge is 0.378 e. The molecule has 20 heavy (non-hydrogen) atoms. The third-order valence-electron chi connectivity index (χ3n) is 3.62. The second kappa shape index (κ2) is 6.41. The summed E-state index contributed by atoms with van der Waals surface area (Å²) in [7, 11) is -3.55. The van der Waals surface area contributed by atoms with Crippen LogP contribution in [0.1, 0.15) is 18.9 Å². The Kier molecular flexibility index (Phi) is 5.04. The predicted octanol–water partition coefficient (Wildman–Crippen LogP) is 1.50. The smallest absolute Gasteiger partial charge is 0.240 e. The third kappa shape index (κ3) is 3.51. The van der Waals surface area contributed by atoms with E-state index in [4.69, 9.17) is 22.1 Å². The first-order valence-corrected chi connectivity index (χ1v) is 8.40. The summed E-state index contributed by atoms with van der Waals surface area (Å²) in [5.41, 5.74) is 6.23. The van der Waals surface area contributed by atoms with Gasteiger partial charge in [-0.25, -0.2) is 13.1 Å². The molecule has 1 aromatic carbocycles. The number of hydrogen-bond acceptors (Lipinski definition) is 4. The summed E-state index contributed by atoms with van der Waals surface area (Å²) >= 11 is 5.99. The van der Waals surface area contributed by atoms with Crippen LogP contribution in [0, 0.1) is 5.92 Å². The highest BCUT2D eigenvalue weighted by Gasteiger charge is 2.26. The van der Waals surface area contributed by atoms with E-state index < -0.39 is 10.0 Å². The van der Waals surface area contributed by atoms with E-state index in [2.05, 4.69) is 4.72 Å². The molecule has 2 rings (SSSR count). The predicted molar refractivity (Wildman–Crippen MR) is 78.1 cm³/mol. The monoisotopic (exact) mass is 318 g/mol. The van der Waals surface area contributed by atoms with Crippen LogP contribution >= 0.6 is 11.6 Å². The van der Waals surface area contributed by atoms with Crippen LogP contribution in [0.5, 0.6) is 0 Å². The zero-order valence-corrected chi connectivity index (χ0v) is 12.9. The van der Waals surface area contributed by atoms with Crippen LogP contribution in [-0.2, 0) is 21.3 Å². The highest BCUT2D eigenvalue weighted by atomic mass is 35.5. The van der Waals surface area contributed by atoms with Gasteiger partial charge < -0.3 is 10.5 Å². The molecule has 1 aliphatic heterocycles. The van der Waals surface area contributed by atoms with Gasteiger partial charge in [0.15, 0.2) is 0 Å². The van der Waals surface area contributed by atoms with E-state index in [1.807, 2.05) is 6.92 Å². The van der Waals surface area contributed by atoms with Crippen molar-refractivity contribution in [2.24, 2.45) is 11.7 Å². The molecule has 112 valence electrons. The van der Waals surface area contributed by atoms with Crippen molar-refractivity contribution in [3.05, 3.63) is 28.8 Å². The molecule has 1 aromatic rings. The molecule has 0 aromatic heterocycles. The molecule has 0 spiro atoms. The molecule has 0 amide bonds. The summed E-state index contributed by atoms with van der Waals surface area (Å²) in [6.45, 7) is 3.30. The third-order valence-corrected chi connectivity index (χ3v) is 5.40. The minimum absolute atomic E-state index is 0.0842. The van der Waals surface area contributed by atoms with Gasteiger partial charge in [0, 0.05) is 30.6 Å². The van der Waals surface area contributed by atoms with E-state index in [9.17, 15) is 8.42 Å². The number of halogens is 1. The Bertz CT molecular complexity index is 577. The fourth-order valence-corrected chi connectivity index (χ4v) is 3.65. The highest BCUT2D eigenvalue weighted by Crippen LogP contribution is 2.22. The molecule has 1 fully saturated rings. The van der Waals surface area contributed by atoms with E-state index in [0.29, 0.717) is 18.2 Å². The number of sulfonamides is 1. The Morgan fingerprint density at radius 2 is 2.25 bits per heavy atom. The molecule has 0 saturated carbocycles. The van der Waals surface area contributed by atoms with Gasteiger partial charge in [-0.15, -0.1) is 0 Å². The number of hydrogen-bond donors (Lipinski definition) is 2. The fourth-order valence-electron chi connectivity index (χ4n) is 2.20. The van der Waals surface area contributed by atoms with Crippen molar-refractivity contribution < 1.29 is 13.2 Å². The summed E-state index contributed by atoms with van der Waals surface area (Å²) in [5, 5.41) is 0.368. The maximum Gasteiger partial charge on any atom is 0.240 e. The number of rotatable bonds is 5. The first kappa shape index (κ1) is 15.7. The lowest BCUT2D eigenvalue weighted by molar-refractivity contribution is 0.107. The molecule has 1 saturated heterocycles. The minimum atomic E-state index is -3.55. The molecule has 1 heterocycles. The Labute approximate surface area is 124 Å². The van der Waals surface area contributed by atoms with Crippen molar-refractivity contribution in [3.8, 4) is 0 Å². The molecule has 3 N–H and O–H groups in total. The second-order valence-corrected chi connectivity index (χ2v) is 7.11. The van der Waals surface area contributed by atoms with Crippen LogP contribution in [0.25, 0.3) is 0 Å². The minimum Gasteiger partial charge on any atom is -0.378 e. The summed E-state index contributed by atoms with van der Waals surface area (Å²) < 4.78 is 32.4. The van der Waals surface area contributed by atoms with Crippen LogP contribution in [0.3, 0.4) is 0 Å². The van der Waals surface area contributed by atoms with E-state index in [1.165, 1.54) is 12.1 Å². The molecule has 2 unspecified atom stereocenters. The van der Waals surface area contributed by atoms with Crippen LogP contribution < -0.4 is 10.5 Å². The molecule has 2 atom stereocenters. The SMILES string of the molecule is CC1OCCC1CNS(=O)(=O)c1ccc(CN)c(Cl)c1. The zero-order chi connectivity index (χ0) is 14.8. The van der Waals surface area contributed by atoms with Crippen molar-refractivity contribution in [2.75, 3.05) is 13.2 Å². The Morgan fingerprint density at radius 1 is 1.50 bits per heavy atom. The zero-order valence-electron chi connectivity index (χ0n) is 11.3. The van der Waals surface area contributed by atoms with Crippen molar-refractivity contribution in [3.63, 3.8) is 0 Å². The van der Waals surface area contributed by atoms with Crippen molar-refractivity contribution >= 4 is 21.6 Å². The maximum absolute atomic E-state index is 12.2. The van der Waals surface area contributed by atoms with Crippen LogP contribution in [0.4, 0.5) is 0 Å². The second-order valence-electron chi connectivity index (χ2n) is 4.93. The van der Waals surface area contributed by atoms with Gasteiger partial charge in [-0.3, -0.25) is 0 Å². The van der Waals surface area contributed by atoms with Crippen molar-refractivity contribution in [2.45, 2.75) is 30.9 Å². The topological polar surface area (TPSA) is 81.4 Å². The Balaban J connectivity index is 2.08. The van der Waals surface area contributed by atoms with Gasteiger partial charge in [0.1, 0.15) is 0 Å². The molecule has 1 aliphatic rings. The lowest BCUT2D eigenvalue weighted by Gasteiger charge is -2.15. The summed E-state index contributed by atoms with van der Waals surface area (Å²) in [5.74, 6) is 0.212.